The second-order valence-corrected chi connectivity index (χ2v) is 8.56. The van der Waals surface area contributed by atoms with Crippen LogP contribution in [-0.4, -0.2) is 59.9 Å². The summed E-state index contributed by atoms with van der Waals surface area (Å²) in [6.07, 6.45) is 1.37. The van der Waals surface area contributed by atoms with Crippen molar-refractivity contribution in [2.75, 3.05) is 38.2 Å². The molecule has 0 N–H and O–H groups in total. The normalized spacial score (nSPS) is 14.5. The zero-order valence-electron chi connectivity index (χ0n) is 18.8. The summed E-state index contributed by atoms with van der Waals surface area (Å²) in [6, 6.07) is 9.81. The molecule has 0 spiro atoms. The number of anilines is 1. The van der Waals surface area contributed by atoms with E-state index in [1.807, 2.05) is 56.0 Å². The van der Waals surface area contributed by atoms with Crippen LogP contribution in [0.5, 0.6) is 11.5 Å². The molecule has 0 bridgehead atoms. The minimum Gasteiger partial charge on any atom is -0.495 e. The summed E-state index contributed by atoms with van der Waals surface area (Å²) in [4.78, 5) is 24.9. The third-order valence-electron chi connectivity index (χ3n) is 4.97. The smallest absolute Gasteiger partial charge is 0.410 e. The number of pyridine rings is 1. The van der Waals surface area contributed by atoms with Gasteiger partial charge in [-0.25, -0.2) is 4.79 Å². The highest BCUT2D eigenvalue weighted by Crippen LogP contribution is 2.27. The number of rotatable bonds is 5. The van der Waals surface area contributed by atoms with E-state index >= 15 is 0 Å². The Morgan fingerprint density at radius 1 is 1.09 bits per heavy atom. The van der Waals surface area contributed by atoms with Gasteiger partial charge in [-0.05, 0) is 45.0 Å². The van der Waals surface area contributed by atoms with Gasteiger partial charge in [0, 0.05) is 32.2 Å². The van der Waals surface area contributed by atoms with Crippen molar-refractivity contribution in [2.24, 2.45) is 0 Å². The SMILES string of the molecule is COc1ccc(COc2ccc3nc(N4CCN(C(=O)OC(C)(C)C)CC4)oc3c2)nc1. The molecule has 4 rings (SSSR count). The first-order chi connectivity index (χ1) is 15.3. The molecule has 9 nitrogen and oxygen atoms in total. The van der Waals surface area contributed by atoms with E-state index in [0.29, 0.717) is 55.9 Å². The molecule has 1 aromatic carbocycles. The molecule has 0 radical (unpaired) electrons. The van der Waals surface area contributed by atoms with Crippen LogP contribution < -0.4 is 14.4 Å². The summed E-state index contributed by atoms with van der Waals surface area (Å²) >= 11 is 0. The predicted octanol–water partition coefficient (Wildman–Crippen LogP) is 3.87. The molecule has 2 aromatic heterocycles. The summed E-state index contributed by atoms with van der Waals surface area (Å²) in [5.41, 5.74) is 1.70. The number of methoxy groups -OCH3 is 1. The molecule has 0 unspecified atom stereocenters. The van der Waals surface area contributed by atoms with Gasteiger partial charge in [-0.3, -0.25) is 4.98 Å². The highest BCUT2D eigenvalue weighted by Gasteiger charge is 2.27. The molecule has 1 amide bonds. The molecule has 170 valence electrons. The van der Waals surface area contributed by atoms with Crippen molar-refractivity contribution >= 4 is 23.2 Å². The first-order valence-corrected chi connectivity index (χ1v) is 10.6. The van der Waals surface area contributed by atoms with Gasteiger partial charge in [0.15, 0.2) is 5.58 Å². The number of hydrogen-bond acceptors (Lipinski definition) is 8. The van der Waals surface area contributed by atoms with Crippen molar-refractivity contribution in [3.05, 3.63) is 42.2 Å². The quantitative estimate of drug-likeness (QED) is 0.591. The van der Waals surface area contributed by atoms with Crippen molar-refractivity contribution in [1.29, 1.82) is 0 Å². The van der Waals surface area contributed by atoms with Crippen molar-refractivity contribution in [2.45, 2.75) is 33.0 Å². The van der Waals surface area contributed by atoms with Gasteiger partial charge >= 0.3 is 6.09 Å². The van der Waals surface area contributed by atoms with Crippen LogP contribution in [0, 0.1) is 0 Å². The number of benzene rings is 1. The summed E-state index contributed by atoms with van der Waals surface area (Å²) in [5, 5.41) is 0. The van der Waals surface area contributed by atoms with E-state index in [4.69, 9.17) is 18.6 Å². The molecule has 1 aliphatic heterocycles. The van der Waals surface area contributed by atoms with Gasteiger partial charge in [-0.1, -0.05) is 0 Å². The number of carbonyl (C=O) groups excluding carboxylic acids is 1. The molecule has 1 aliphatic rings. The summed E-state index contributed by atoms with van der Waals surface area (Å²) in [5.74, 6) is 1.38. The first-order valence-electron chi connectivity index (χ1n) is 10.6. The zero-order chi connectivity index (χ0) is 22.7. The largest absolute Gasteiger partial charge is 0.495 e. The van der Waals surface area contributed by atoms with Crippen LogP contribution in [0.4, 0.5) is 10.8 Å². The lowest BCUT2D eigenvalue weighted by Gasteiger charge is -2.34. The monoisotopic (exact) mass is 440 g/mol. The van der Waals surface area contributed by atoms with Crippen molar-refractivity contribution in [1.82, 2.24) is 14.9 Å². The fraction of sp³-hybridized carbons (Fsp3) is 0.435. The van der Waals surface area contributed by atoms with Gasteiger partial charge in [0.05, 0.1) is 19.0 Å². The highest BCUT2D eigenvalue weighted by atomic mass is 16.6. The standard InChI is InChI=1S/C23H28N4O5/c1-23(2,3)32-22(28)27-11-9-26(10-12-27)21-25-19-8-7-17(13-20(19)31-21)30-15-16-5-6-18(29-4)14-24-16/h5-8,13-14H,9-12,15H2,1-4H3. The van der Waals surface area contributed by atoms with Gasteiger partial charge in [0.1, 0.15) is 29.2 Å². The lowest BCUT2D eigenvalue weighted by molar-refractivity contribution is 0.0239. The Hall–Kier alpha value is -3.49. The summed E-state index contributed by atoms with van der Waals surface area (Å²) in [7, 11) is 1.61. The van der Waals surface area contributed by atoms with Crippen molar-refractivity contribution in [3.8, 4) is 11.5 Å². The predicted molar refractivity (Wildman–Crippen MR) is 119 cm³/mol. The number of carbonyl (C=O) groups is 1. The number of fused-ring (bicyclic) bond motifs is 1. The minimum atomic E-state index is -0.502. The maximum absolute atomic E-state index is 12.3. The Bertz CT molecular complexity index is 1070. The molecule has 3 heterocycles. The van der Waals surface area contributed by atoms with Gasteiger partial charge in [-0.2, -0.15) is 4.98 Å². The third kappa shape index (κ3) is 5.22. The topological polar surface area (TPSA) is 90.2 Å². The second-order valence-electron chi connectivity index (χ2n) is 8.56. The number of aromatic nitrogens is 2. The Labute approximate surface area is 186 Å². The molecular weight excluding hydrogens is 412 g/mol. The molecule has 0 atom stereocenters. The van der Waals surface area contributed by atoms with E-state index in [9.17, 15) is 4.79 Å². The number of hydrogen-bond donors (Lipinski definition) is 0. The van der Waals surface area contributed by atoms with Gasteiger partial charge < -0.3 is 28.4 Å². The highest BCUT2D eigenvalue weighted by molar-refractivity contribution is 5.76. The van der Waals surface area contributed by atoms with Crippen LogP contribution in [0.1, 0.15) is 26.5 Å². The van der Waals surface area contributed by atoms with Crippen molar-refractivity contribution < 1.29 is 23.4 Å². The summed E-state index contributed by atoms with van der Waals surface area (Å²) < 4.78 is 22.4. The van der Waals surface area contributed by atoms with Crippen LogP contribution >= 0.6 is 0 Å². The van der Waals surface area contributed by atoms with E-state index in [-0.39, 0.29) is 6.09 Å². The molecule has 0 saturated carbocycles. The average Bonchev–Trinajstić information content (AvgIpc) is 3.20. The van der Waals surface area contributed by atoms with Gasteiger partial charge in [0.2, 0.25) is 0 Å². The fourth-order valence-corrected chi connectivity index (χ4v) is 3.30. The van der Waals surface area contributed by atoms with Crippen LogP contribution in [0.15, 0.2) is 40.9 Å². The average molecular weight is 441 g/mol. The van der Waals surface area contributed by atoms with E-state index in [0.717, 1.165) is 11.2 Å². The number of piperazine rings is 1. The van der Waals surface area contributed by atoms with Crippen LogP contribution in [-0.2, 0) is 11.3 Å². The van der Waals surface area contributed by atoms with Crippen LogP contribution in [0.2, 0.25) is 0 Å². The Morgan fingerprint density at radius 2 is 1.84 bits per heavy atom. The molecular formula is C23H28N4O5. The fourth-order valence-electron chi connectivity index (χ4n) is 3.30. The number of nitrogens with zero attached hydrogens (tertiary/aromatic N) is 4. The molecule has 1 saturated heterocycles. The maximum Gasteiger partial charge on any atom is 0.410 e. The van der Waals surface area contributed by atoms with Crippen molar-refractivity contribution in [3.63, 3.8) is 0 Å². The number of oxazole rings is 1. The van der Waals surface area contributed by atoms with E-state index < -0.39 is 5.60 Å². The maximum atomic E-state index is 12.3. The second kappa shape index (κ2) is 8.94. The van der Waals surface area contributed by atoms with Gasteiger partial charge in [-0.15, -0.1) is 0 Å². The van der Waals surface area contributed by atoms with Crippen LogP contribution in [0.25, 0.3) is 11.1 Å². The van der Waals surface area contributed by atoms with Gasteiger partial charge in [0.25, 0.3) is 6.01 Å². The Kier molecular flexibility index (Phi) is 6.07. The number of amides is 1. The molecule has 32 heavy (non-hydrogen) atoms. The lowest BCUT2D eigenvalue weighted by Crippen LogP contribution is -2.50. The van der Waals surface area contributed by atoms with E-state index in [2.05, 4.69) is 9.97 Å². The third-order valence-corrected chi connectivity index (χ3v) is 4.97. The van der Waals surface area contributed by atoms with E-state index in [1.165, 1.54) is 0 Å². The minimum absolute atomic E-state index is 0.289. The molecule has 1 fully saturated rings. The molecule has 3 aromatic rings. The Balaban J connectivity index is 1.36. The van der Waals surface area contributed by atoms with Crippen LogP contribution in [0.3, 0.4) is 0 Å². The first kappa shape index (κ1) is 21.7. The number of ether oxygens (including phenoxy) is 3. The lowest BCUT2D eigenvalue weighted by atomic mass is 10.2. The molecule has 9 heteroatoms. The summed E-state index contributed by atoms with van der Waals surface area (Å²) in [6.45, 7) is 8.29. The molecule has 0 aliphatic carbocycles. The van der Waals surface area contributed by atoms with E-state index in [1.54, 1.807) is 18.2 Å². The zero-order valence-corrected chi connectivity index (χ0v) is 18.8. The Morgan fingerprint density at radius 3 is 2.50 bits per heavy atom.